The fourth-order valence-corrected chi connectivity index (χ4v) is 3.57. The van der Waals surface area contributed by atoms with Crippen molar-refractivity contribution >= 4 is 46.0 Å². The van der Waals surface area contributed by atoms with E-state index in [1.165, 1.54) is 11.8 Å². The average molecular weight is 392 g/mol. The van der Waals surface area contributed by atoms with Crippen LogP contribution in [-0.2, 0) is 4.74 Å². The zero-order valence-corrected chi connectivity index (χ0v) is 16.0. The van der Waals surface area contributed by atoms with Crippen LogP contribution in [0.5, 0.6) is 5.75 Å². The fraction of sp³-hybridized carbons (Fsp3) is 0.353. The number of thioether (sulfide) groups is 1. The smallest absolute Gasteiger partial charge is 0.191 e. The highest BCUT2D eigenvalue weighted by atomic mass is 35.5. The number of hydrogen-bond donors (Lipinski definition) is 1. The maximum Gasteiger partial charge on any atom is 0.191 e. The van der Waals surface area contributed by atoms with Crippen molar-refractivity contribution < 1.29 is 9.47 Å². The number of benzene rings is 1. The Morgan fingerprint density at radius 3 is 3.00 bits per heavy atom. The molecule has 2 aromatic heterocycles. The second-order valence-electron chi connectivity index (χ2n) is 5.80. The second kappa shape index (κ2) is 7.30. The molecule has 0 saturated carbocycles. The van der Waals surface area contributed by atoms with Crippen LogP contribution >= 0.6 is 23.4 Å². The van der Waals surface area contributed by atoms with Gasteiger partial charge in [0.15, 0.2) is 22.1 Å². The molecule has 0 bridgehead atoms. The van der Waals surface area contributed by atoms with Gasteiger partial charge >= 0.3 is 0 Å². The number of methoxy groups -OCH3 is 1. The van der Waals surface area contributed by atoms with Gasteiger partial charge in [-0.25, -0.2) is 15.0 Å². The zero-order chi connectivity index (χ0) is 18.1. The molecule has 0 spiro atoms. The molecule has 1 aromatic carbocycles. The van der Waals surface area contributed by atoms with E-state index in [1.54, 1.807) is 13.4 Å². The molecule has 3 aromatic rings. The largest absolute Gasteiger partial charge is 0.495 e. The summed E-state index contributed by atoms with van der Waals surface area (Å²) in [5.41, 5.74) is 2.12. The van der Waals surface area contributed by atoms with E-state index in [1.807, 2.05) is 29.0 Å². The normalized spacial score (nSPS) is 17.0. The molecule has 1 saturated heterocycles. The molecular weight excluding hydrogens is 374 g/mol. The minimum absolute atomic E-state index is 0.0298. The van der Waals surface area contributed by atoms with Crippen LogP contribution in [0.4, 0.5) is 11.5 Å². The van der Waals surface area contributed by atoms with Crippen molar-refractivity contribution in [1.29, 1.82) is 0 Å². The molecule has 1 aliphatic rings. The van der Waals surface area contributed by atoms with Crippen molar-refractivity contribution in [2.45, 2.75) is 24.2 Å². The Kier molecular flexibility index (Phi) is 4.88. The van der Waals surface area contributed by atoms with Crippen molar-refractivity contribution in [2.75, 3.05) is 25.3 Å². The molecule has 1 atom stereocenters. The second-order valence-corrected chi connectivity index (χ2v) is 6.95. The van der Waals surface area contributed by atoms with E-state index in [0.29, 0.717) is 33.0 Å². The molecular formula is C17H18ClN5O2S. The molecule has 1 aliphatic heterocycles. The third kappa shape index (κ3) is 3.08. The van der Waals surface area contributed by atoms with Gasteiger partial charge in [-0.05, 0) is 31.2 Å². The van der Waals surface area contributed by atoms with Gasteiger partial charge in [0.25, 0.3) is 0 Å². The highest BCUT2D eigenvalue weighted by molar-refractivity contribution is 7.98. The molecule has 4 rings (SSSR count). The lowest BCUT2D eigenvalue weighted by Gasteiger charge is -2.13. The summed E-state index contributed by atoms with van der Waals surface area (Å²) in [5, 5.41) is 4.42. The van der Waals surface area contributed by atoms with Gasteiger partial charge in [0.1, 0.15) is 17.0 Å². The molecule has 3 heterocycles. The van der Waals surface area contributed by atoms with Crippen molar-refractivity contribution in [3.63, 3.8) is 0 Å². The molecule has 0 radical (unpaired) electrons. The first kappa shape index (κ1) is 17.4. The first-order chi connectivity index (χ1) is 12.7. The number of nitrogens with zero attached hydrogens (tertiary/aromatic N) is 4. The molecule has 7 nitrogen and oxygen atoms in total. The predicted octanol–water partition coefficient (Wildman–Crippen LogP) is 4.26. The topological polar surface area (TPSA) is 74.1 Å². The van der Waals surface area contributed by atoms with Crippen molar-refractivity contribution in [3.8, 4) is 5.75 Å². The summed E-state index contributed by atoms with van der Waals surface area (Å²) in [6.45, 7) is 0.759. The van der Waals surface area contributed by atoms with Gasteiger partial charge < -0.3 is 14.8 Å². The Balaban J connectivity index is 1.79. The van der Waals surface area contributed by atoms with E-state index in [-0.39, 0.29) is 6.23 Å². The van der Waals surface area contributed by atoms with Crippen LogP contribution < -0.4 is 10.1 Å². The van der Waals surface area contributed by atoms with E-state index >= 15 is 0 Å². The van der Waals surface area contributed by atoms with Gasteiger partial charge in [-0.3, -0.25) is 4.57 Å². The van der Waals surface area contributed by atoms with Gasteiger partial charge in [-0.15, -0.1) is 0 Å². The minimum atomic E-state index is -0.0298. The van der Waals surface area contributed by atoms with Crippen LogP contribution in [0.15, 0.2) is 29.7 Å². The minimum Gasteiger partial charge on any atom is -0.495 e. The van der Waals surface area contributed by atoms with E-state index in [4.69, 9.17) is 21.1 Å². The Morgan fingerprint density at radius 1 is 1.38 bits per heavy atom. The van der Waals surface area contributed by atoms with Gasteiger partial charge in [-0.1, -0.05) is 29.4 Å². The van der Waals surface area contributed by atoms with Gasteiger partial charge in [0, 0.05) is 6.61 Å². The average Bonchev–Trinajstić information content (AvgIpc) is 3.32. The monoisotopic (exact) mass is 391 g/mol. The number of aromatic nitrogens is 4. The lowest BCUT2D eigenvalue weighted by molar-refractivity contribution is 0.0592. The summed E-state index contributed by atoms with van der Waals surface area (Å²) >= 11 is 7.88. The van der Waals surface area contributed by atoms with Crippen LogP contribution in [0.25, 0.3) is 11.2 Å². The van der Waals surface area contributed by atoms with E-state index in [9.17, 15) is 0 Å². The molecule has 26 heavy (non-hydrogen) atoms. The molecule has 9 heteroatoms. The number of hydrogen-bond acceptors (Lipinski definition) is 7. The van der Waals surface area contributed by atoms with Crippen LogP contribution in [0, 0.1) is 0 Å². The Hall–Kier alpha value is -2.03. The van der Waals surface area contributed by atoms with Gasteiger partial charge in [0.2, 0.25) is 0 Å². The summed E-state index contributed by atoms with van der Waals surface area (Å²) in [7, 11) is 1.59. The third-order valence-corrected chi connectivity index (χ3v) is 5.17. The quantitative estimate of drug-likeness (QED) is 0.514. The molecule has 0 aliphatic carbocycles. The number of anilines is 2. The van der Waals surface area contributed by atoms with Crippen molar-refractivity contribution in [3.05, 3.63) is 29.5 Å². The summed E-state index contributed by atoms with van der Waals surface area (Å²) in [6.07, 6.45) is 5.66. The van der Waals surface area contributed by atoms with E-state index in [0.717, 1.165) is 25.1 Å². The lowest BCUT2D eigenvalue weighted by Crippen LogP contribution is -2.07. The van der Waals surface area contributed by atoms with Crippen LogP contribution in [0.1, 0.15) is 19.1 Å². The Labute approximate surface area is 160 Å². The van der Waals surface area contributed by atoms with Crippen molar-refractivity contribution in [1.82, 2.24) is 19.5 Å². The lowest BCUT2D eigenvalue weighted by atomic mass is 10.3. The Bertz CT molecular complexity index is 942. The maximum absolute atomic E-state index is 6.41. The number of halogens is 1. The number of rotatable bonds is 5. The van der Waals surface area contributed by atoms with Crippen LogP contribution in [0.3, 0.4) is 0 Å². The summed E-state index contributed by atoms with van der Waals surface area (Å²) in [6, 6.07) is 5.54. The van der Waals surface area contributed by atoms with Crippen LogP contribution in [0.2, 0.25) is 5.02 Å². The number of imidazole rings is 1. The molecule has 1 N–H and O–H groups in total. The first-order valence-electron chi connectivity index (χ1n) is 8.21. The molecule has 1 unspecified atom stereocenters. The SMILES string of the molecule is COc1cccc(Nc2nc(SC)nc3c2ncn3C2CCCO2)c1Cl. The highest BCUT2D eigenvalue weighted by Gasteiger charge is 2.22. The van der Waals surface area contributed by atoms with Crippen molar-refractivity contribution in [2.24, 2.45) is 0 Å². The molecule has 136 valence electrons. The highest BCUT2D eigenvalue weighted by Crippen LogP contribution is 2.35. The predicted molar refractivity (Wildman–Crippen MR) is 103 cm³/mol. The van der Waals surface area contributed by atoms with Gasteiger partial charge in [-0.2, -0.15) is 0 Å². The number of ether oxygens (including phenoxy) is 2. The Morgan fingerprint density at radius 2 is 2.27 bits per heavy atom. The number of fused-ring (bicyclic) bond motifs is 1. The van der Waals surface area contributed by atoms with E-state index < -0.39 is 0 Å². The molecule has 0 amide bonds. The zero-order valence-electron chi connectivity index (χ0n) is 14.4. The van der Waals surface area contributed by atoms with Crippen LogP contribution in [-0.4, -0.2) is 39.5 Å². The molecule has 1 fully saturated rings. The standard InChI is InChI=1S/C17H18ClN5O2S/c1-24-11-6-3-5-10(13(11)18)20-15-14-16(22-17(21-15)26-2)23(9-19-14)12-7-4-8-25-12/h3,5-6,9,12H,4,7-8H2,1-2H3,(H,20,21,22). The summed E-state index contributed by atoms with van der Waals surface area (Å²) < 4.78 is 13.0. The first-order valence-corrected chi connectivity index (χ1v) is 9.81. The summed E-state index contributed by atoms with van der Waals surface area (Å²) in [5.74, 6) is 1.20. The number of nitrogens with one attached hydrogen (secondary N) is 1. The van der Waals surface area contributed by atoms with E-state index in [2.05, 4.69) is 20.3 Å². The maximum atomic E-state index is 6.41. The van der Waals surface area contributed by atoms with Gasteiger partial charge in [0.05, 0.1) is 19.1 Å². The third-order valence-electron chi connectivity index (χ3n) is 4.24. The summed E-state index contributed by atoms with van der Waals surface area (Å²) in [4.78, 5) is 13.7. The fourth-order valence-electron chi connectivity index (χ4n) is 2.96.